The third-order valence-corrected chi connectivity index (χ3v) is 4.48. The molecule has 0 unspecified atom stereocenters. The second-order valence-corrected chi connectivity index (χ2v) is 6.57. The molecule has 1 amide bonds. The van der Waals surface area contributed by atoms with Gasteiger partial charge in [0.25, 0.3) is 0 Å². The lowest BCUT2D eigenvalue weighted by atomic mass is 10.1. The predicted molar refractivity (Wildman–Crippen MR) is 92.0 cm³/mol. The summed E-state index contributed by atoms with van der Waals surface area (Å²) < 4.78 is 0. The van der Waals surface area contributed by atoms with Crippen LogP contribution in [0.25, 0.3) is 0 Å². The van der Waals surface area contributed by atoms with Gasteiger partial charge in [0, 0.05) is 37.3 Å². The maximum Gasteiger partial charge on any atom is 0.226 e. The van der Waals surface area contributed by atoms with Gasteiger partial charge in [-0.15, -0.1) is 0 Å². The molecule has 0 aliphatic heterocycles. The first-order valence-electron chi connectivity index (χ1n) is 8.06. The van der Waals surface area contributed by atoms with E-state index in [0.717, 1.165) is 30.8 Å². The van der Waals surface area contributed by atoms with Crippen molar-refractivity contribution in [3.63, 3.8) is 0 Å². The van der Waals surface area contributed by atoms with E-state index in [1.54, 1.807) is 6.20 Å². The van der Waals surface area contributed by atoms with Crippen LogP contribution in [-0.2, 0) is 17.9 Å². The van der Waals surface area contributed by atoms with Crippen molar-refractivity contribution in [2.45, 2.75) is 32.9 Å². The van der Waals surface area contributed by atoms with Crippen LogP contribution in [0.1, 0.15) is 30.9 Å². The Morgan fingerprint density at radius 1 is 1.22 bits per heavy atom. The Morgan fingerprint density at radius 2 is 1.96 bits per heavy atom. The number of carbonyl (C=O) groups excluding carboxylic acids is 1. The fourth-order valence-electron chi connectivity index (χ4n) is 2.65. The molecule has 4 heteroatoms. The highest BCUT2D eigenvalue weighted by molar-refractivity contribution is 5.84. The Balaban J connectivity index is 1.68. The maximum absolute atomic E-state index is 12.1. The highest BCUT2D eigenvalue weighted by Gasteiger charge is 2.44. The lowest BCUT2D eigenvalue weighted by molar-refractivity contribution is -0.125. The summed E-state index contributed by atoms with van der Waals surface area (Å²) in [4.78, 5) is 18.8. The van der Waals surface area contributed by atoms with E-state index in [0.29, 0.717) is 6.54 Å². The van der Waals surface area contributed by atoms with E-state index in [-0.39, 0.29) is 11.3 Å². The molecule has 2 aromatic rings. The van der Waals surface area contributed by atoms with Crippen molar-refractivity contribution in [1.29, 1.82) is 0 Å². The van der Waals surface area contributed by atoms with Gasteiger partial charge >= 0.3 is 0 Å². The van der Waals surface area contributed by atoms with Crippen LogP contribution in [0.3, 0.4) is 0 Å². The number of rotatable bonds is 6. The molecule has 23 heavy (non-hydrogen) atoms. The normalized spacial score (nSPS) is 15.0. The Hall–Kier alpha value is -2.36. The molecule has 1 fully saturated rings. The number of hydrogen-bond donors (Lipinski definition) is 1. The summed E-state index contributed by atoms with van der Waals surface area (Å²) in [5.41, 5.74) is 2.14. The number of hydrogen-bond acceptors (Lipinski definition) is 3. The Kier molecular flexibility index (Phi) is 4.33. The van der Waals surface area contributed by atoms with Crippen molar-refractivity contribution < 1.29 is 4.79 Å². The zero-order valence-electron chi connectivity index (χ0n) is 13.7. The fourth-order valence-corrected chi connectivity index (χ4v) is 2.65. The van der Waals surface area contributed by atoms with Crippen molar-refractivity contribution in [3.05, 3.63) is 59.8 Å². The first-order chi connectivity index (χ1) is 11.1. The molecule has 0 radical (unpaired) electrons. The average Bonchev–Trinajstić information content (AvgIpc) is 3.33. The summed E-state index contributed by atoms with van der Waals surface area (Å²) in [7, 11) is 2.03. The van der Waals surface area contributed by atoms with Crippen LogP contribution >= 0.6 is 0 Å². The summed E-state index contributed by atoms with van der Waals surface area (Å²) in [5.74, 6) is 1.07. The molecular weight excluding hydrogens is 286 g/mol. The van der Waals surface area contributed by atoms with Crippen molar-refractivity contribution in [2.24, 2.45) is 5.41 Å². The van der Waals surface area contributed by atoms with E-state index in [2.05, 4.69) is 27.3 Å². The first kappa shape index (κ1) is 15.5. The summed E-state index contributed by atoms with van der Waals surface area (Å²) in [6, 6.07) is 14.3. The summed E-state index contributed by atoms with van der Waals surface area (Å²) >= 11 is 0. The lowest BCUT2D eigenvalue weighted by Gasteiger charge is -2.21. The van der Waals surface area contributed by atoms with Crippen molar-refractivity contribution >= 4 is 11.7 Å². The fraction of sp³-hybridized carbons (Fsp3) is 0.368. The minimum absolute atomic E-state index is 0.141. The standard InChI is InChI=1S/C19H23N3O/c1-19(10-11-19)18(23)21-13-16-9-6-12-20-17(16)22(2)14-15-7-4-3-5-8-15/h3-9,12H,10-11,13-14H2,1-2H3,(H,21,23). The molecule has 0 saturated heterocycles. The quantitative estimate of drug-likeness (QED) is 0.891. The van der Waals surface area contributed by atoms with Gasteiger partial charge in [0.1, 0.15) is 5.82 Å². The van der Waals surface area contributed by atoms with Crippen LogP contribution in [0.5, 0.6) is 0 Å². The van der Waals surface area contributed by atoms with Gasteiger partial charge in [0.15, 0.2) is 0 Å². The number of nitrogens with one attached hydrogen (secondary N) is 1. The van der Waals surface area contributed by atoms with Gasteiger partial charge in [-0.2, -0.15) is 0 Å². The van der Waals surface area contributed by atoms with Crippen LogP contribution in [0, 0.1) is 5.41 Å². The largest absolute Gasteiger partial charge is 0.355 e. The van der Waals surface area contributed by atoms with Gasteiger partial charge < -0.3 is 10.2 Å². The van der Waals surface area contributed by atoms with Gasteiger partial charge in [-0.25, -0.2) is 4.98 Å². The number of pyridine rings is 1. The van der Waals surface area contributed by atoms with Crippen molar-refractivity contribution in [1.82, 2.24) is 10.3 Å². The summed E-state index contributed by atoms with van der Waals surface area (Å²) in [6.07, 6.45) is 3.78. The molecule has 120 valence electrons. The molecule has 1 N–H and O–H groups in total. The molecule has 0 spiro atoms. The van der Waals surface area contributed by atoms with Gasteiger partial charge in [0.05, 0.1) is 0 Å². The average molecular weight is 309 g/mol. The number of benzene rings is 1. The minimum Gasteiger partial charge on any atom is -0.355 e. The third-order valence-electron chi connectivity index (χ3n) is 4.48. The number of amides is 1. The van der Waals surface area contributed by atoms with Crippen LogP contribution < -0.4 is 10.2 Å². The van der Waals surface area contributed by atoms with Crippen LogP contribution in [0.15, 0.2) is 48.7 Å². The molecule has 0 bridgehead atoms. The Bertz CT molecular complexity index is 680. The van der Waals surface area contributed by atoms with Crippen molar-refractivity contribution in [3.8, 4) is 0 Å². The molecular formula is C19H23N3O. The zero-order valence-corrected chi connectivity index (χ0v) is 13.7. The molecule has 1 aromatic heterocycles. The van der Waals surface area contributed by atoms with Gasteiger partial charge in [-0.3, -0.25) is 4.79 Å². The number of anilines is 1. The van der Waals surface area contributed by atoms with Crippen molar-refractivity contribution in [2.75, 3.05) is 11.9 Å². The van der Waals surface area contributed by atoms with Crippen LogP contribution in [-0.4, -0.2) is 17.9 Å². The number of carbonyl (C=O) groups is 1. The molecule has 3 rings (SSSR count). The van der Waals surface area contributed by atoms with Gasteiger partial charge in [-0.05, 0) is 24.5 Å². The predicted octanol–water partition coefficient (Wildman–Crippen LogP) is 3.13. The molecule has 0 atom stereocenters. The van der Waals surface area contributed by atoms with E-state index in [1.165, 1.54) is 5.56 Å². The molecule has 4 nitrogen and oxygen atoms in total. The van der Waals surface area contributed by atoms with E-state index in [1.807, 2.05) is 44.3 Å². The van der Waals surface area contributed by atoms with Gasteiger partial charge in [0.2, 0.25) is 5.91 Å². The van der Waals surface area contributed by atoms with E-state index in [4.69, 9.17) is 0 Å². The Morgan fingerprint density at radius 3 is 2.65 bits per heavy atom. The second kappa shape index (κ2) is 6.41. The highest BCUT2D eigenvalue weighted by atomic mass is 16.2. The number of aromatic nitrogens is 1. The number of nitrogens with zero attached hydrogens (tertiary/aromatic N) is 2. The van der Waals surface area contributed by atoms with E-state index < -0.39 is 0 Å². The Labute approximate surface area is 137 Å². The monoisotopic (exact) mass is 309 g/mol. The smallest absolute Gasteiger partial charge is 0.226 e. The van der Waals surface area contributed by atoms with E-state index in [9.17, 15) is 4.79 Å². The maximum atomic E-state index is 12.1. The summed E-state index contributed by atoms with van der Waals surface area (Å²) in [5, 5.41) is 3.05. The molecule has 1 aliphatic carbocycles. The molecule has 1 saturated carbocycles. The molecule has 1 aliphatic rings. The second-order valence-electron chi connectivity index (χ2n) is 6.57. The summed E-state index contributed by atoms with van der Waals surface area (Å²) in [6.45, 7) is 3.33. The molecule has 1 aromatic carbocycles. The topological polar surface area (TPSA) is 45.2 Å². The third kappa shape index (κ3) is 3.70. The lowest BCUT2D eigenvalue weighted by Crippen LogP contribution is -2.30. The van der Waals surface area contributed by atoms with Gasteiger partial charge in [-0.1, -0.05) is 43.3 Å². The van der Waals surface area contributed by atoms with Crippen LogP contribution in [0.4, 0.5) is 5.82 Å². The van der Waals surface area contributed by atoms with Crippen LogP contribution in [0.2, 0.25) is 0 Å². The highest BCUT2D eigenvalue weighted by Crippen LogP contribution is 2.45. The SMILES string of the molecule is CN(Cc1ccccc1)c1ncccc1CNC(=O)C1(C)CC1. The minimum atomic E-state index is -0.141. The zero-order chi connectivity index (χ0) is 16.3. The molecule has 1 heterocycles. The first-order valence-corrected chi connectivity index (χ1v) is 8.06. The van der Waals surface area contributed by atoms with E-state index >= 15 is 0 Å².